The van der Waals surface area contributed by atoms with Crippen LogP contribution in [-0.2, 0) is 16.1 Å². The van der Waals surface area contributed by atoms with Gasteiger partial charge in [0.25, 0.3) is 0 Å². The lowest BCUT2D eigenvalue weighted by molar-refractivity contribution is -0.123. The number of amides is 2. The molecule has 0 bridgehead atoms. The van der Waals surface area contributed by atoms with Crippen LogP contribution in [0.1, 0.15) is 5.56 Å². The van der Waals surface area contributed by atoms with E-state index in [0.29, 0.717) is 11.3 Å². The van der Waals surface area contributed by atoms with Crippen molar-refractivity contribution in [2.45, 2.75) is 11.6 Å². The van der Waals surface area contributed by atoms with E-state index in [2.05, 4.69) is 10.3 Å². The maximum Gasteiger partial charge on any atom is 0.240 e. The number of nitrogens with zero attached hydrogens (tertiary/aromatic N) is 2. The summed E-state index contributed by atoms with van der Waals surface area (Å²) in [7, 11) is 0. The fourth-order valence-corrected chi connectivity index (χ4v) is 3.13. The smallest absolute Gasteiger partial charge is 0.240 e. The van der Waals surface area contributed by atoms with E-state index in [4.69, 9.17) is 0 Å². The SMILES string of the molecule is O=C(CN1C(=O)CSc2ncccc21)NCc1ccccc1F. The molecule has 0 radical (unpaired) electrons. The fraction of sp³-hybridized carbons (Fsp3) is 0.188. The van der Waals surface area contributed by atoms with Crippen LogP contribution in [0.25, 0.3) is 0 Å². The van der Waals surface area contributed by atoms with Gasteiger partial charge in [-0.15, -0.1) is 0 Å². The third-order valence-electron chi connectivity index (χ3n) is 3.41. The van der Waals surface area contributed by atoms with Crippen molar-refractivity contribution in [2.75, 3.05) is 17.2 Å². The summed E-state index contributed by atoms with van der Waals surface area (Å²) < 4.78 is 13.5. The number of nitrogens with one attached hydrogen (secondary N) is 1. The molecule has 1 aromatic heterocycles. The molecule has 1 aliphatic heterocycles. The van der Waals surface area contributed by atoms with Crippen LogP contribution >= 0.6 is 11.8 Å². The maximum absolute atomic E-state index is 13.5. The average Bonchev–Trinajstić information content (AvgIpc) is 2.57. The highest BCUT2D eigenvalue weighted by molar-refractivity contribution is 8.00. The van der Waals surface area contributed by atoms with Gasteiger partial charge in [0.2, 0.25) is 11.8 Å². The van der Waals surface area contributed by atoms with E-state index in [9.17, 15) is 14.0 Å². The van der Waals surface area contributed by atoms with Gasteiger partial charge in [-0.05, 0) is 18.2 Å². The first-order valence-corrected chi connectivity index (χ1v) is 8.02. The Bertz CT molecular complexity index is 754. The van der Waals surface area contributed by atoms with Gasteiger partial charge in [-0.2, -0.15) is 0 Å². The molecule has 2 heterocycles. The number of anilines is 1. The molecule has 0 aliphatic carbocycles. The molecule has 2 amide bonds. The Labute approximate surface area is 136 Å². The molecule has 5 nitrogen and oxygen atoms in total. The van der Waals surface area contributed by atoms with Gasteiger partial charge in [-0.1, -0.05) is 30.0 Å². The second kappa shape index (κ2) is 6.78. The number of halogens is 1. The van der Waals surface area contributed by atoms with Crippen LogP contribution in [0.2, 0.25) is 0 Å². The predicted octanol–water partition coefficient (Wildman–Crippen LogP) is 1.98. The highest BCUT2D eigenvalue weighted by Crippen LogP contribution is 2.32. The summed E-state index contributed by atoms with van der Waals surface area (Å²) in [5.74, 6) is -0.599. The topological polar surface area (TPSA) is 62.3 Å². The molecule has 1 aliphatic rings. The van der Waals surface area contributed by atoms with Gasteiger partial charge in [0, 0.05) is 18.3 Å². The van der Waals surface area contributed by atoms with Crippen LogP contribution in [0.3, 0.4) is 0 Å². The van der Waals surface area contributed by atoms with Crippen molar-refractivity contribution >= 4 is 29.3 Å². The number of hydrogen-bond donors (Lipinski definition) is 1. The summed E-state index contributed by atoms with van der Waals surface area (Å²) in [5.41, 5.74) is 1.04. The Kier molecular flexibility index (Phi) is 4.57. The minimum absolute atomic E-state index is 0.0855. The zero-order valence-electron chi connectivity index (χ0n) is 12.2. The molecular formula is C16H14FN3O2S. The van der Waals surface area contributed by atoms with Crippen LogP contribution in [0, 0.1) is 5.82 Å². The first-order valence-electron chi connectivity index (χ1n) is 7.03. The first-order chi connectivity index (χ1) is 11.1. The minimum atomic E-state index is -0.368. The average molecular weight is 331 g/mol. The molecule has 3 rings (SSSR count). The van der Waals surface area contributed by atoms with Crippen molar-refractivity contribution in [2.24, 2.45) is 0 Å². The molecule has 118 valence electrons. The summed E-state index contributed by atoms with van der Waals surface area (Å²) in [6.45, 7) is -0.0191. The van der Waals surface area contributed by atoms with Crippen LogP contribution < -0.4 is 10.2 Å². The second-order valence-electron chi connectivity index (χ2n) is 4.96. The number of fused-ring (bicyclic) bond motifs is 1. The molecule has 2 aromatic rings. The van der Waals surface area contributed by atoms with E-state index < -0.39 is 0 Å². The standard InChI is InChI=1S/C16H14FN3O2S/c17-12-5-2-1-4-11(12)8-19-14(21)9-20-13-6-3-7-18-16(13)23-10-15(20)22/h1-7H,8-10H2,(H,19,21). The van der Waals surface area contributed by atoms with Gasteiger partial charge in [-0.25, -0.2) is 9.37 Å². The summed E-state index contributed by atoms with van der Waals surface area (Å²) in [6.07, 6.45) is 1.65. The van der Waals surface area contributed by atoms with Gasteiger partial charge in [-0.3, -0.25) is 14.5 Å². The fourth-order valence-electron chi connectivity index (χ4n) is 2.25. The van der Waals surface area contributed by atoms with Crippen LogP contribution in [0.15, 0.2) is 47.6 Å². The first kappa shape index (κ1) is 15.5. The van der Waals surface area contributed by atoms with E-state index in [1.165, 1.54) is 22.7 Å². The molecule has 0 atom stereocenters. The molecule has 23 heavy (non-hydrogen) atoms. The highest BCUT2D eigenvalue weighted by atomic mass is 32.2. The van der Waals surface area contributed by atoms with Crippen molar-refractivity contribution in [1.29, 1.82) is 0 Å². The van der Waals surface area contributed by atoms with Crippen LogP contribution in [-0.4, -0.2) is 29.1 Å². The minimum Gasteiger partial charge on any atom is -0.350 e. The number of thioether (sulfide) groups is 1. The molecule has 0 fully saturated rings. The molecule has 0 saturated carbocycles. The number of hydrogen-bond acceptors (Lipinski definition) is 4. The highest BCUT2D eigenvalue weighted by Gasteiger charge is 2.27. The molecule has 0 saturated heterocycles. The Morgan fingerprint density at radius 3 is 2.96 bits per heavy atom. The lowest BCUT2D eigenvalue weighted by Gasteiger charge is -2.27. The monoisotopic (exact) mass is 331 g/mol. The van der Waals surface area contributed by atoms with Crippen molar-refractivity contribution in [1.82, 2.24) is 10.3 Å². The summed E-state index contributed by atoms with van der Waals surface area (Å²) in [6, 6.07) is 9.73. The zero-order chi connectivity index (χ0) is 16.2. The Balaban J connectivity index is 1.66. The van der Waals surface area contributed by atoms with E-state index >= 15 is 0 Å². The van der Waals surface area contributed by atoms with Gasteiger partial charge in [0.05, 0.1) is 11.4 Å². The van der Waals surface area contributed by atoms with Crippen molar-refractivity contribution in [3.05, 3.63) is 54.0 Å². The van der Waals surface area contributed by atoms with E-state index in [0.717, 1.165) is 5.03 Å². The van der Waals surface area contributed by atoms with Crippen molar-refractivity contribution in [3.63, 3.8) is 0 Å². The van der Waals surface area contributed by atoms with Crippen LogP contribution in [0.5, 0.6) is 0 Å². The maximum atomic E-state index is 13.5. The van der Waals surface area contributed by atoms with Gasteiger partial charge in [0.15, 0.2) is 0 Å². The third-order valence-corrected chi connectivity index (χ3v) is 4.39. The number of benzene rings is 1. The number of rotatable bonds is 4. The van der Waals surface area contributed by atoms with Gasteiger partial charge < -0.3 is 5.32 Å². The molecule has 0 spiro atoms. The number of carbonyl (C=O) groups is 2. The lowest BCUT2D eigenvalue weighted by Crippen LogP contribution is -2.43. The molecule has 1 N–H and O–H groups in total. The number of aromatic nitrogens is 1. The Hall–Kier alpha value is -2.41. The van der Waals surface area contributed by atoms with E-state index in [-0.39, 0.29) is 36.5 Å². The molecule has 1 aromatic carbocycles. The van der Waals surface area contributed by atoms with Gasteiger partial charge >= 0.3 is 0 Å². The number of carbonyl (C=O) groups excluding carboxylic acids is 2. The van der Waals surface area contributed by atoms with Gasteiger partial charge in [0.1, 0.15) is 17.4 Å². The lowest BCUT2D eigenvalue weighted by atomic mass is 10.2. The van der Waals surface area contributed by atoms with E-state index in [1.807, 2.05) is 0 Å². The molecule has 0 unspecified atom stereocenters. The summed E-state index contributed by atoms with van der Waals surface area (Å²) >= 11 is 1.36. The number of pyridine rings is 1. The summed E-state index contributed by atoms with van der Waals surface area (Å²) in [5, 5.41) is 3.37. The zero-order valence-corrected chi connectivity index (χ0v) is 13.0. The Morgan fingerprint density at radius 2 is 2.13 bits per heavy atom. The molecular weight excluding hydrogens is 317 g/mol. The van der Waals surface area contributed by atoms with Crippen molar-refractivity contribution < 1.29 is 14.0 Å². The van der Waals surface area contributed by atoms with Crippen molar-refractivity contribution in [3.8, 4) is 0 Å². The largest absolute Gasteiger partial charge is 0.350 e. The molecule has 7 heteroatoms. The summed E-state index contributed by atoms with van der Waals surface area (Å²) in [4.78, 5) is 29.8. The van der Waals surface area contributed by atoms with E-state index in [1.54, 1.807) is 36.5 Å². The quantitative estimate of drug-likeness (QED) is 0.930. The third kappa shape index (κ3) is 3.50. The normalized spacial score (nSPS) is 13.6. The second-order valence-corrected chi connectivity index (χ2v) is 5.93. The predicted molar refractivity (Wildman–Crippen MR) is 85.6 cm³/mol. The van der Waals surface area contributed by atoms with Crippen LogP contribution in [0.4, 0.5) is 10.1 Å². The Morgan fingerprint density at radius 1 is 1.30 bits per heavy atom.